The average molecular weight is 344 g/mol. The number of carboxylic acids is 1. The zero-order chi connectivity index (χ0) is 18.4. The van der Waals surface area contributed by atoms with Crippen molar-refractivity contribution in [3.05, 3.63) is 46.1 Å². The van der Waals surface area contributed by atoms with E-state index < -0.39 is 5.97 Å². The maximum absolute atomic E-state index is 12.3. The standard InChI is InChI=1S/C17H20N4O4/c1-11-13(5-6-14(22)21(2)9-7-15(23)24)17(25)20-16(19-11)12-4-3-8-18-10-12/h3-4,8,10H,5-7,9H2,1-2H3,(H,23,24)(H,19,20,25). The first-order chi connectivity index (χ1) is 11.9. The Bertz CT molecular complexity index is 817. The summed E-state index contributed by atoms with van der Waals surface area (Å²) >= 11 is 0. The molecule has 0 unspecified atom stereocenters. The average Bonchev–Trinajstić information content (AvgIpc) is 2.59. The second kappa shape index (κ2) is 8.18. The Morgan fingerprint density at radius 2 is 2.08 bits per heavy atom. The van der Waals surface area contributed by atoms with Crippen LogP contribution in [0.25, 0.3) is 11.4 Å². The zero-order valence-electron chi connectivity index (χ0n) is 14.2. The number of nitrogens with zero attached hydrogens (tertiary/aromatic N) is 3. The number of carboxylic acid groups (broad SMARTS) is 1. The molecule has 0 saturated carbocycles. The third kappa shape index (κ3) is 4.97. The van der Waals surface area contributed by atoms with E-state index in [1.54, 1.807) is 38.5 Å². The number of aromatic nitrogens is 3. The Morgan fingerprint density at radius 1 is 1.32 bits per heavy atom. The van der Waals surface area contributed by atoms with E-state index in [0.29, 0.717) is 22.6 Å². The quantitative estimate of drug-likeness (QED) is 0.774. The third-order valence-corrected chi connectivity index (χ3v) is 3.83. The molecular formula is C17H20N4O4. The molecule has 0 radical (unpaired) electrons. The molecular weight excluding hydrogens is 324 g/mol. The van der Waals surface area contributed by atoms with Crippen molar-refractivity contribution in [3.63, 3.8) is 0 Å². The van der Waals surface area contributed by atoms with E-state index in [4.69, 9.17) is 5.11 Å². The van der Waals surface area contributed by atoms with E-state index in [-0.39, 0.29) is 37.3 Å². The van der Waals surface area contributed by atoms with Gasteiger partial charge in [-0.2, -0.15) is 0 Å². The van der Waals surface area contributed by atoms with Crippen molar-refractivity contribution in [2.24, 2.45) is 0 Å². The van der Waals surface area contributed by atoms with E-state index in [9.17, 15) is 14.4 Å². The van der Waals surface area contributed by atoms with Crippen LogP contribution in [0, 0.1) is 6.92 Å². The molecule has 0 aliphatic rings. The van der Waals surface area contributed by atoms with E-state index in [0.717, 1.165) is 0 Å². The van der Waals surface area contributed by atoms with Gasteiger partial charge >= 0.3 is 5.97 Å². The molecule has 0 aliphatic carbocycles. The smallest absolute Gasteiger partial charge is 0.305 e. The van der Waals surface area contributed by atoms with Gasteiger partial charge in [-0.3, -0.25) is 19.4 Å². The zero-order valence-corrected chi connectivity index (χ0v) is 14.2. The van der Waals surface area contributed by atoms with Crippen molar-refractivity contribution in [1.29, 1.82) is 0 Å². The third-order valence-electron chi connectivity index (χ3n) is 3.83. The number of carbonyl (C=O) groups excluding carboxylic acids is 1. The summed E-state index contributed by atoms with van der Waals surface area (Å²) in [6.45, 7) is 1.87. The summed E-state index contributed by atoms with van der Waals surface area (Å²) in [5.41, 5.74) is 1.43. The number of amides is 1. The van der Waals surface area contributed by atoms with Gasteiger partial charge < -0.3 is 15.0 Å². The molecule has 132 valence electrons. The number of aromatic amines is 1. The Labute approximate surface area is 144 Å². The molecule has 2 aromatic rings. The van der Waals surface area contributed by atoms with E-state index in [1.807, 2.05) is 0 Å². The molecule has 0 aromatic carbocycles. The van der Waals surface area contributed by atoms with Crippen molar-refractivity contribution in [2.75, 3.05) is 13.6 Å². The molecule has 0 saturated heterocycles. The maximum Gasteiger partial charge on any atom is 0.305 e. The molecule has 0 atom stereocenters. The Hall–Kier alpha value is -3.03. The fourth-order valence-corrected chi connectivity index (χ4v) is 2.36. The summed E-state index contributed by atoms with van der Waals surface area (Å²) in [4.78, 5) is 47.4. The molecule has 8 nitrogen and oxygen atoms in total. The number of hydrogen-bond donors (Lipinski definition) is 2. The van der Waals surface area contributed by atoms with Crippen LogP contribution in [0.4, 0.5) is 0 Å². The van der Waals surface area contributed by atoms with Crippen molar-refractivity contribution in [3.8, 4) is 11.4 Å². The molecule has 25 heavy (non-hydrogen) atoms. The summed E-state index contributed by atoms with van der Waals surface area (Å²) in [5.74, 6) is -0.734. The summed E-state index contributed by atoms with van der Waals surface area (Å²) in [6, 6.07) is 3.55. The first-order valence-corrected chi connectivity index (χ1v) is 7.84. The number of nitrogens with one attached hydrogen (secondary N) is 1. The Balaban J connectivity index is 2.07. The van der Waals surface area contributed by atoms with Gasteiger partial charge in [0.1, 0.15) is 5.82 Å². The van der Waals surface area contributed by atoms with Crippen molar-refractivity contribution in [1.82, 2.24) is 19.9 Å². The molecule has 0 spiro atoms. The summed E-state index contributed by atoms with van der Waals surface area (Å²) in [7, 11) is 1.55. The highest BCUT2D eigenvalue weighted by Crippen LogP contribution is 2.13. The Kier molecular flexibility index (Phi) is 5.99. The number of aryl methyl sites for hydroxylation is 1. The molecule has 0 aliphatic heterocycles. The molecule has 2 aromatic heterocycles. The van der Waals surface area contributed by atoms with Crippen LogP contribution in [0.2, 0.25) is 0 Å². The SMILES string of the molecule is Cc1nc(-c2cccnc2)[nH]c(=O)c1CCC(=O)N(C)CCC(=O)O. The Morgan fingerprint density at radius 3 is 2.68 bits per heavy atom. The lowest BCUT2D eigenvalue weighted by atomic mass is 10.1. The largest absolute Gasteiger partial charge is 0.481 e. The number of carbonyl (C=O) groups is 2. The molecule has 8 heteroatoms. The van der Waals surface area contributed by atoms with Gasteiger partial charge in [-0.1, -0.05) is 0 Å². The first-order valence-electron chi connectivity index (χ1n) is 7.84. The number of H-pyrrole nitrogens is 1. The first kappa shape index (κ1) is 18.3. The van der Waals surface area contributed by atoms with Crippen LogP contribution in [0.5, 0.6) is 0 Å². The minimum absolute atomic E-state index is 0.108. The molecule has 2 N–H and O–H groups in total. The maximum atomic E-state index is 12.3. The number of hydrogen-bond acceptors (Lipinski definition) is 5. The highest BCUT2D eigenvalue weighted by Gasteiger charge is 2.14. The van der Waals surface area contributed by atoms with Crippen molar-refractivity contribution < 1.29 is 14.7 Å². The molecule has 0 bridgehead atoms. The number of pyridine rings is 1. The molecule has 1 amide bonds. The van der Waals surface area contributed by atoms with Gasteiger partial charge in [0.05, 0.1) is 6.42 Å². The van der Waals surface area contributed by atoms with E-state index in [1.165, 1.54) is 4.90 Å². The number of aliphatic carboxylic acids is 1. The van der Waals surface area contributed by atoms with Crippen LogP contribution in [0.15, 0.2) is 29.3 Å². The van der Waals surface area contributed by atoms with Gasteiger partial charge in [-0.15, -0.1) is 0 Å². The topological polar surface area (TPSA) is 116 Å². The van der Waals surface area contributed by atoms with Crippen LogP contribution in [0.3, 0.4) is 0 Å². The minimum Gasteiger partial charge on any atom is -0.481 e. The van der Waals surface area contributed by atoms with Gasteiger partial charge in [0.25, 0.3) is 5.56 Å². The van der Waals surface area contributed by atoms with Gasteiger partial charge in [0, 0.05) is 49.2 Å². The van der Waals surface area contributed by atoms with Crippen LogP contribution < -0.4 is 5.56 Å². The lowest BCUT2D eigenvalue weighted by Gasteiger charge is -2.16. The predicted octanol–water partition coefficient (Wildman–Crippen LogP) is 1.01. The van der Waals surface area contributed by atoms with Crippen LogP contribution in [-0.2, 0) is 16.0 Å². The fraction of sp³-hybridized carbons (Fsp3) is 0.353. The minimum atomic E-state index is -0.956. The predicted molar refractivity (Wildman–Crippen MR) is 91.0 cm³/mol. The lowest BCUT2D eigenvalue weighted by Crippen LogP contribution is -2.30. The van der Waals surface area contributed by atoms with Crippen LogP contribution in [-0.4, -0.2) is 50.4 Å². The second-order valence-electron chi connectivity index (χ2n) is 5.68. The van der Waals surface area contributed by atoms with Gasteiger partial charge in [-0.25, -0.2) is 4.98 Å². The van der Waals surface area contributed by atoms with Gasteiger partial charge in [0.15, 0.2) is 0 Å². The van der Waals surface area contributed by atoms with E-state index in [2.05, 4.69) is 15.0 Å². The van der Waals surface area contributed by atoms with Crippen molar-refractivity contribution >= 4 is 11.9 Å². The molecule has 2 rings (SSSR count). The number of rotatable bonds is 7. The van der Waals surface area contributed by atoms with Crippen molar-refractivity contribution in [2.45, 2.75) is 26.2 Å². The highest BCUT2D eigenvalue weighted by molar-refractivity contribution is 5.77. The highest BCUT2D eigenvalue weighted by atomic mass is 16.4. The molecule has 0 fully saturated rings. The van der Waals surface area contributed by atoms with Gasteiger partial charge in [-0.05, 0) is 25.5 Å². The summed E-state index contributed by atoms with van der Waals surface area (Å²) in [5, 5.41) is 8.65. The second-order valence-corrected chi connectivity index (χ2v) is 5.68. The van der Waals surface area contributed by atoms with Crippen LogP contribution in [0.1, 0.15) is 24.1 Å². The summed E-state index contributed by atoms with van der Waals surface area (Å²) < 4.78 is 0. The van der Waals surface area contributed by atoms with Crippen LogP contribution >= 0.6 is 0 Å². The molecule has 2 heterocycles. The summed E-state index contributed by atoms with van der Waals surface area (Å²) in [6.07, 6.45) is 3.50. The van der Waals surface area contributed by atoms with Gasteiger partial charge in [0.2, 0.25) is 5.91 Å². The monoisotopic (exact) mass is 344 g/mol. The lowest BCUT2D eigenvalue weighted by molar-refractivity contribution is -0.138. The fourth-order valence-electron chi connectivity index (χ4n) is 2.36. The normalized spacial score (nSPS) is 10.5. The van der Waals surface area contributed by atoms with E-state index >= 15 is 0 Å².